The summed E-state index contributed by atoms with van der Waals surface area (Å²) >= 11 is 0. The highest BCUT2D eigenvalue weighted by Gasteiger charge is 1.96. The van der Waals surface area contributed by atoms with Gasteiger partial charge in [0.1, 0.15) is 0 Å². The van der Waals surface area contributed by atoms with Gasteiger partial charge < -0.3 is 0 Å². The molecule has 0 aromatic rings. The quantitative estimate of drug-likeness (QED) is 0.232. The predicted molar refractivity (Wildman–Crippen MR) is 66.1 cm³/mol. The minimum Gasteiger partial charge on any atom is -0.294 e. The zero-order valence-corrected chi connectivity index (χ0v) is 11.4. The molecule has 0 atom stereocenters. The van der Waals surface area contributed by atoms with Crippen molar-refractivity contribution in [2.75, 3.05) is 12.9 Å². The van der Waals surface area contributed by atoms with Crippen molar-refractivity contribution in [3.05, 3.63) is 0 Å². The lowest BCUT2D eigenvalue weighted by Gasteiger charge is -2.02. The highest BCUT2D eigenvalue weighted by atomic mass is 33.5. The highest BCUT2D eigenvalue weighted by molar-refractivity contribution is 9.09. The van der Waals surface area contributed by atoms with Gasteiger partial charge in [-0.15, -0.1) is 4.89 Å². The smallest absolute Gasteiger partial charge is 0.0583 e. The number of nitrogens with one attached hydrogen (secondary N) is 1. The zero-order chi connectivity index (χ0) is 9.23. The van der Waals surface area contributed by atoms with Gasteiger partial charge in [0, 0.05) is 25.5 Å². The van der Waals surface area contributed by atoms with E-state index in [-0.39, 0.29) is 8.80 Å². The van der Waals surface area contributed by atoms with E-state index in [0.29, 0.717) is 0 Å². The van der Waals surface area contributed by atoms with Crippen molar-refractivity contribution in [2.24, 2.45) is 0 Å². The number of hydrogen-bond acceptors (Lipinski definition) is 5. The molecule has 0 unspecified atom stereocenters. The van der Waals surface area contributed by atoms with Crippen molar-refractivity contribution in [1.29, 1.82) is 0 Å². The van der Waals surface area contributed by atoms with Crippen LogP contribution in [0, 0.1) is 0 Å². The molecule has 0 saturated carbocycles. The molecule has 0 rings (SSSR count). The lowest BCUT2D eigenvalue weighted by molar-refractivity contribution is 0.165. The summed E-state index contributed by atoms with van der Waals surface area (Å²) in [6.45, 7) is 4.80. The number of hydrogen-bond donors (Lipinski definition) is 1. The molecule has 1 N–H and O–H groups in total. The molecular formula is C6H17NOS3Si. The summed E-state index contributed by atoms with van der Waals surface area (Å²) < 4.78 is 0. The Bertz CT molecular complexity index is 96.9. The van der Waals surface area contributed by atoms with Crippen molar-refractivity contribution >= 4 is 40.4 Å². The number of rotatable bonds is 8. The Morgan fingerprint density at radius 3 is 2.75 bits per heavy atom. The topological polar surface area (TPSA) is 21.3 Å². The van der Waals surface area contributed by atoms with Crippen LogP contribution >= 0.6 is 31.6 Å². The Morgan fingerprint density at radius 1 is 1.42 bits per heavy atom. The first-order chi connectivity index (χ1) is 5.77. The Hall–Kier alpha value is 1.19. The summed E-state index contributed by atoms with van der Waals surface area (Å²) in [6, 6.07) is 1.47. The normalized spacial score (nSPS) is 11.0. The van der Waals surface area contributed by atoms with Crippen LogP contribution in [0.5, 0.6) is 0 Å². The molecule has 12 heavy (non-hydrogen) atoms. The van der Waals surface area contributed by atoms with Crippen LogP contribution in [-0.2, 0) is 4.84 Å². The Balaban J connectivity index is 2.82. The lowest BCUT2D eigenvalue weighted by atomic mass is 10.6. The zero-order valence-electron chi connectivity index (χ0n) is 7.83. The molecule has 0 aliphatic rings. The molecule has 74 valence electrons. The Morgan fingerprint density at radius 2 is 2.17 bits per heavy atom. The fraction of sp³-hybridized carbons (Fsp3) is 1.00. The lowest BCUT2D eigenvalue weighted by Crippen LogP contribution is -1.98. The third-order valence-corrected chi connectivity index (χ3v) is 6.30. The van der Waals surface area contributed by atoms with E-state index < -0.39 is 0 Å². The Kier molecular flexibility index (Phi) is 11.3. The van der Waals surface area contributed by atoms with Crippen LogP contribution in [0.4, 0.5) is 0 Å². The molecule has 0 fully saturated rings. The summed E-state index contributed by atoms with van der Waals surface area (Å²) in [5.74, 6) is 1.26. The van der Waals surface area contributed by atoms with Crippen molar-refractivity contribution in [2.45, 2.75) is 25.6 Å². The van der Waals surface area contributed by atoms with E-state index >= 15 is 0 Å². The van der Waals surface area contributed by atoms with Crippen molar-refractivity contribution in [1.82, 2.24) is 4.89 Å². The molecule has 6 heteroatoms. The SMILES string of the molecule is CONSSSCCC[SiH](C)C. The maximum atomic E-state index is 4.67. The van der Waals surface area contributed by atoms with Crippen molar-refractivity contribution in [3.63, 3.8) is 0 Å². The van der Waals surface area contributed by atoms with E-state index in [1.807, 2.05) is 10.8 Å². The molecule has 2 nitrogen and oxygen atoms in total. The van der Waals surface area contributed by atoms with E-state index in [0.717, 1.165) is 0 Å². The maximum Gasteiger partial charge on any atom is 0.0583 e. The summed E-state index contributed by atoms with van der Waals surface area (Å²) in [4.78, 5) is 7.39. The van der Waals surface area contributed by atoms with Gasteiger partial charge in [0.25, 0.3) is 0 Å². The predicted octanol–water partition coefficient (Wildman–Crippen LogP) is 2.96. The highest BCUT2D eigenvalue weighted by Crippen LogP contribution is 2.32. The van der Waals surface area contributed by atoms with Gasteiger partial charge in [-0.1, -0.05) is 29.9 Å². The minimum atomic E-state index is -0.305. The largest absolute Gasteiger partial charge is 0.294 e. The Labute approximate surface area is 88.5 Å². The molecule has 0 bridgehead atoms. The molecule has 0 heterocycles. The van der Waals surface area contributed by atoms with Crippen molar-refractivity contribution < 1.29 is 4.84 Å². The van der Waals surface area contributed by atoms with Gasteiger partial charge in [-0.05, 0) is 16.2 Å². The molecule has 0 amide bonds. The summed E-state index contributed by atoms with van der Waals surface area (Å²) in [7, 11) is 6.49. The molecule has 0 aliphatic heterocycles. The second kappa shape index (κ2) is 10.3. The van der Waals surface area contributed by atoms with E-state index in [4.69, 9.17) is 0 Å². The average molecular weight is 243 g/mol. The maximum absolute atomic E-state index is 4.67. The second-order valence-corrected chi connectivity index (χ2v) is 10.1. The molecule has 0 radical (unpaired) electrons. The first kappa shape index (κ1) is 13.2. The summed E-state index contributed by atoms with van der Waals surface area (Å²) in [5.41, 5.74) is 0. The fourth-order valence-corrected chi connectivity index (χ4v) is 4.75. The first-order valence-electron chi connectivity index (χ1n) is 4.00. The van der Waals surface area contributed by atoms with Gasteiger partial charge in [0.2, 0.25) is 0 Å². The molecule has 0 aliphatic carbocycles. The van der Waals surface area contributed by atoms with Gasteiger partial charge in [-0.3, -0.25) is 4.84 Å². The van der Waals surface area contributed by atoms with E-state index in [1.54, 1.807) is 16.9 Å². The molecule has 0 saturated heterocycles. The molecular weight excluding hydrogens is 226 g/mol. The van der Waals surface area contributed by atoms with Gasteiger partial charge in [0.05, 0.1) is 7.11 Å². The van der Waals surface area contributed by atoms with Crippen molar-refractivity contribution in [3.8, 4) is 0 Å². The fourth-order valence-electron chi connectivity index (χ4n) is 0.656. The minimum absolute atomic E-state index is 0.305. The van der Waals surface area contributed by atoms with Gasteiger partial charge >= 0.3 is 0 Å². The van der Waals surface area contributed by atoms with E-state index in [2.05, 4.69) is 22.8 Å². The van der Waals surface area contributed by atoms with Crippen LogP contribution in [-0.4, -0.2) is 21.7 Å². The third kappa shape index (κ3) is 11.2. The summed E-state index contributed by atoms with van der Waals surface area (Å²) in [5, 5.41) is 0. The first-order valence-corrected chi connectivity index (χ1v) is 10.8. The van der Waals surface area contributed by atoms with E-state index in [1.165, 1.54) is 29.2 Å². The average Bonchev–Trinajstić information content (AvgIpc) is 2.02. The van der Waals surface area contributed by atoms with Crippen LogP contribution in [0.1, 0.15) is 6.42 Å². The van der Waals surface area contributed by atoms with Crippen LogP contribution in [0.2, 0.25) is 19.1 Å². The van der Waals surface area contributed by atoms with Crippen LogP contribution in [0.25, 0.3) is 0 Å². The van der Waals surface area contributed by atoms with Crippen LogP contribution < -0.4 is 4.89 Å². The molecule has 0 aromatic carbocycles. The second-order valence-electron chi connectivity index (χ2n) is 2.80. The monoisotopic (exact) mass is 243 g/mol. The van der Waals surface area contributed by atoms with Gasteiger partial charge in [-0.2, -0.15) is 0 Å². The third-order valence-electron chi connectivity index (χ3n) is 1.21. The van der Waals surface area contributed by atoms with Crippen LogP contribution in [0.15, 0.2) is 0 Å². The molecule has 0 spiro atoms. The van der Waals surface area contributed by atoms with Crippen LogP contribution in [0.3, 0.4) is 0 Å². The standard InChI is InChI=1S/C6H17NOS3Si/c1-8-7-10-11-9-5-4-6-12(2)3/h7,12H,4-6H2,1-3H3. The van der Waals surface area contributed by atoms with E-state index in [9.17, 15) is 0 Å². The molecule has 0 aromatic heterocycles. The summed E-state index contributed by atoms with van der Waals surface area (Å²) in [6.07, 6.45) is 1.37. The van der Waals surface area contributed by atoms with Gasteiger partial charge in [-0.25, -0.2) is 0 Å². The van der Waals surface area contributed by atoms with Gasteiger partial charge in [0.15, 0.2) is 0 Å².